The standard InChI is InChI=1S/C27H28O7.Na/c28-22-23(31-16-19-10-4-1-5-11-19)25(32-17-20-12-6-2-7-13-20)27(34-24(22)26(29)30)33-18-21-14-8-3-9-15-21;/h1-15,22-25,27-28H,16-18H2,(H,29,30);/q;+1/p-1/t22-,23+,24+,25-,27-;/m1./s1. The maximum atomic E-state index is 11.7. The predicted octanol–water partition coefficient (Wildman–Crippen LogP) is -0.786. The Labute approximate surface area is 226 Å². The first kappa shape index (κ1) is 27.5. The Morgan fingerprint density at radius 3 is 1.54 bits per heavy atom. The van der Waals surface area contributed by atoms with E-state index in [1.54, 1.807) is 0 Å². The van der Waals surface area contributed by atoms with Gasteiger partial charge in [-0.2, -0.15) is 0 Å². The molecule has 0 amide bonds. The molecule has 3 aromatic carbocycles. The number of aliphatic hydroxyl groups excluding tert-OH is 1. The summed E-state index contributed by atoms with van der Waals surface area (Å²) < 4.78 is 23.7. The molecule has 178 valence electrons. The molecule has 1 heterocycles. The molecule has 1 fully saturated rings. The van der Waals surface area contributed by atoms with Crippen LogP contribution in [0, 0.1) is 0 Å². The van der Waals surface area contributed by atoms with E-state index in [-0.39, 0.29) is 49.4 Å². The van der Waals surface area contributed by atoms with Crippen molar-refractivity contribution in [3.05, 3.63) is 108 Å². The Bertz CT molecular complexity index is 1020. The zero-order valence-corrected chi connectivity index (χ0v) is 21.6. The number of carbonyl (C=O) groups is 1. The molecule has 5 atom stereocenters. The second-order valence-corrected chi connectivity index (χ2v) is 8.05. The molecule has 0 aromatic heterocycles. The molecule has 0 saturated carbocycles. The fourth-order valence-corrected chi connectivity index (χ4v) is 3.81. The predicted molar refractivity (Wildman–Crippen MR) is 121 cm³/mol. The number of ether oxygens (including phenoxy) is 4. The zero-order valence-electron chi connectivity index (χ0n) is 19.6. The van der Waals surface area contributed by atoms with Gasteiger partial charge in [-0.3, -0.25) is 0 Å². The van der Waals surface area contributed by atoms with Crippen molar-refractivity contribution in [2.75, 3.05) is 0 Å². The average molecular weight is 486 g/mol. The van der Waals surface area contributed by atoms with Crippen molar-refractivity contribution in [2.45, 2.75) is 50.5 Å². The summed E-state index contributed by atoms with van der Waals surface area (Å²) in [6, 6.07) is 28.3. The van der Waals surface area contributed by atoms with Gasteiger partial charge in [0.25, 0.3) is 0 Å². The third-order valence-electron chi connectivity index (χ3n) is 5.58. The molecule has 0 bridgehead atoms. The maximum Gasteiger partial charge on any atom is 1.00 e. The molecule has 1 aliphatic heterocycles. The minimum Gasteiger partial charge on any atom is -0.547 e. The van der Waals surface area contributed by atoms with Crippen molar-refractivity contribution in [1.82, 2.24) is 0 Å². The minimum atomic E-state index is -1.63. The third kappa shape index (κ3) is 7.70. The largest absolute Gasteiger partial charge is 1.00 e. The maximum absolute atomic E-state index is 11.7. The van der Waals surface area contributed by atoms with Crippen molar-refractivity contribution < 1.29 is 63.5 Å². The topological polar surface area (TPSA) is 97.3 Å². The quantitative estimate of drug-likeness (QED) is 0.376. The first-order valence-corrected chi connectivity index (χ1v) is 11.1. The molecule has 8 heteroatoms. The number of aliphatic carboxylic acids is 1. The summed E-state index contributed by atoms with van der Waals surface area (Å²) in [6.07, 6.45) is -6.15. The third-order valence-corrected chi connectivity index (χ3v) is 5.58. The van der Waals surface area contributed by atoms with Gasteiger partial charge < -0.3 is 34.0 Å². The molecule has 4 rings (SSSR count). The SMILES string of the molecule is O=C([O-])[C@H]1O[C@@H](OCc2ccccc2)[C@H](OCc2ccccc2)[C@@H](OCc2ccccc2)[C@H]1O.[Na+]. The Balaban J connectivity index is 0.00000342. The van der Waals surface area contributed by atoms with Crippen molar-refractivity contribution >= 4 is 5.97 Å². The van der Waals surface area contributed by atoms with Crippen LogP contribution >= 0.6 is 0 Å². The van der Waals surface area contributed by atoms with E-state index in [0.29, 0.717) is 0 Å². The number of benzene rings is 3. The van der Waals surface area contributed by atoms with Crippen molar-refractivity contribution in [2.24, 2.45) is 0 Å². The Kier molecular flexibility index (Phi) is 10.9. The van der Waals surface area contributed by atoms with E-state index in [2.05, 4.69) is 0 Å². The second-order valence-electron chi connectivity index (χ2n) is 8.05. The molecule has 3 aromatic rings. The van der Waals surface area contributed by atoms with Crippen LogP contribution < -0.4 is 34.7 Å². The van der Waals surface area contributed by atoms with Crippen LogP contribution in [0.2, 0.25) is 0 Å². The molecular formula is C27H27NaO7. The van der Waals surface area contributed by atoms with E-state index in [1.807, 2.05) is 91.0 Å². The van der Waals surface area contributed by atoms with Gasteiger partial charge in [-0.25, -0.2) is 0 Å². The number of aliphatic hydroxyl groups is 1. The van der Waals surface area contributed by atoms with Gasteiger partial charge in [0.15, 0.2) is 6.29 Å². The molecule has 0 aliphatic carbocycles. The summed E-state index contributed by atoms with van der Waals surface area (Å²) in [5.41, 5.74) is 2.66. The molecule has 1 saturated heterocycles. The Morgan fingerprint density at radius 2 is 1.11 bits per heavy atom. The first-order valence-electron chi connectivity index (χ1n) is 11.1. The number of rotatable bonds is 10. The van der Waals surface area contributed by atoms with Crippen molar-refractivity contribution in [3.8, 4) is 0 Å². The van der Waals surface area contributed by atoms with Gasteiger partial charge in [-0.1, -0.05) is 91.0 Å². The Morgan fingerprint density at radius 1 is 0.714 bits per heavy atom. The molecule has 1 aliphatic rings. The molecule has 0 spiro atoms. The van der Waals surface area contributed by atoms with Crippen LogP contribution in [-0.2, 0) is 43.6 Å². The van der Waals surface area contributed by atoms with Crippen LogP contribution in [-0.4, -0.2) is 41.8 Å². The van der Waals surface area contributed by atoms with Gasteiger partial charge in [-0.05, 0) is 16.7 Å². The summed E-state index contributed by atoms with van der Waals surface area (Å²) in [5, 5.41) is 22.6. The smallest absolute Gasteiger partial charge is 0.547 e. The van der Waals surface area contributed by atoms with E-state index in [4.69, 9.17) is 18.9 Å². The van der Waals surface area contributed by atoms with E-state index in [1.165, 1.54) is 0 Å². The monoisotopic (exact) mass is 486 g/mol. The normalized spacial score (nSPS) is 23.9. The van der Waals surface area contributed by atoms with Crippen LogP contribution in [0.25, 0.3) is 0 Å². The fraction of sp³-hybridized carbons (Fsp3) is 0.296. The van der Waals surface area contributed by atoms with E-state index in [0.717, 1.165) is 16.7 Å². The van der Waals surface area contributed by atoms with Crippen LogP contribution in [0.1, 0.15) is 16.7 Å². The van der Waals surface area contributed by atoms with Crippen LogP contribution in [0.4, 0.5) is 0 Å². The summed E-state index contributed by atoms with van der Waals surface area (Å²) in [7, 11) is 0. The first-order chi connectivity index (χ1) is 16.6. The van der Waals surface area contributed by atoms with Crippen LogP contribution in [0.15, 0.2) is 91.0 Å². The molecule has 0 unspecified atom stereocenters. The number of carboxylic acids is 1. The van der Waals surface area contributed by atoms with Crippen molar-refractivity contribution in [1.29, 1.82) is 0 Å². The van der Waals surface area contributed by atoms with E-state index >= 15 is 0 Å². The number of carbonyl (C=O) groups excluding carboxylic acids is 1. The summed E-state index contributed by atoms with van der Waals surface area (Å²) in [5.74, 6) is -1.55. The van der Waals surface area contributed by atoms with Gasteiger partial charge in [0.2, 0.25) is 0 Å². The van der Waals surface area contributed by atoms with Crippen molar-refractivity contribution in [3.63, 3.8) is 0 Å². The summed E-state index contributed by atoms with van der Waals surface area (Å²) in [6.45, 7) is 0.519. The van der Waals surface area contributed by atoms with Crippen LogP contribution in [0.3, 0.4) is 0 Å². The minimum absolute atomic E-state index is 0. The van der Waals surface area contributed by atoms with Gasteiger partial charge in [0, 0.05) is 0 Å². The van der Waals surface area contributed by atoms with E-state index in [9.17, 15) is 15.0 Å². The van der Waals surface area contributed by atoms with Gasteiger partial charge in [-0.15, -0.1) is 0 Å². The van der Waals surface area contributed by atoms with Gasteiger partial charge in [0.1, 0.15) is 24.4 Å². The molecular weight excluding hydrogens is 459 g/mol. The van der Waals surface area contributed by atoms with E-state index < -0.39 is 36.7 Å². The molecule has 7 nitrogen and oxygen atoms in total. The molecule has 35 heavy (non-hydrogen) atoms. The summed E-state index contributed by atoms with van der Waals surface area (Å²) in [4.78, 5) is 11.7. The fourth-order valence-electron chi connectivity index (χ4n) is 3.81. The number of hydrogen-bond acceptors (Lipinski definition) is 7. The summed E-state index contributed by atoms with van der Waals surface area (Å²) >= 11 is 0. The zero-order chi connectivity index (χ0) is 23.8. The van der Waals surface area contributed by atoms with Gasteiger partial charge in [0.05, 0.1) is 25.8 Å². The average Bonchev–Trinajstić information content (AvgIpc) is 2.87. The molecule has 0 radical (unpaired) electrons. The number of carboxylic acid groups (broad SMARTS) is 1. The molecule has 1 N–H and O–H groups in total. The van der Waals surface area contributed by atoms with Gasteiger partial charge >= 0.3 is 29.6 Å². The second kappa shape index (κ2) is 13.9. The number of hydrogen-bond donors (Lipinski definition) is 1. The van der Waals surface area contributed by atoms with Crippen LogP contribution in [0.5, 0.6) is 0 Å². The Hall–Kier alpha value is -2.07.